The van der Waals surface area contributed by atoms with Crippen LogP contribution in [0, 0.1) is 5.82 Å². The molecule has 0 aromatic carbocycles. The van der Waals surface area contributed by atoms with Gasteiger partial charge in [-0.3, -0.25) is 0 Å². The van der Waals surface area contributed by atoms with Crippen molar-refractivity contribution in [3.05, 3.63) is 18.1 Å². The monoisotopic (exact) mass is 180 g/mol. The standard InChI is InChI=1S/C6H7FN2S.Na/c1-8-6-5(7)4(10)2-3-9-6;/h2-3H,1H3,(H2,8,9,10);/q;+1/p-1. The van der Waals surface area contributed by atoms with Gasteiger partial charge in [-0.05, 0) is 0 Å². The molecule has 1 aromatic heterocycles. The third kappa shape index (κ3) is 2.56. The molecule has 1 N–H and O–H groups in total. The molecule has 0 bridgehead atoms. The van der Waals surface area contributed by atoms with Crippen molar-refractivity contribution in [1.29, 1.82) is 0 Å². The van der Waals surface area contributed by atoms with E-state index in [-0.39, 0.29) is 40.3 Å². The molecule has 0 radical (unpaired) electrons. The Hall–Kier alpha value is 0.1000. The van der Waals surface area contributed by atoms with Crippen LogP contribution in [0.15, 0.2) is 17.2 Å². The molecule has 0 spiro atoms. The molecular formula is C6H6FN2NaS. The second kappa shape index (κ2) is 4.87. The van der Waals surface area contributed by atoms with E-state index in [2.05, 4.69) is 22.9 Å². The molecule has 11 heavy (non-hydrogen) atoms. The molecule has 1 rings (SSSR count). The Labute approximate surface area is 92.3 Å². The zero-order chi connectivity index (χ0) is 7.56. The molecule has 5 heteroatoms. The van der Waals surface area contributed by atoms with E-state index in [9.17, 15) is 4.39 Å². The molecule has 0 atom stereocenters. The summed E-state index contributed by atoms with van der Waals surface area (Å²) in [5.41, 5.74) is 0. The smallest absolute Gasteiger partial charge is 0.777 e. The van der Waals surface area contributed by atoms with Crippen molar-refractivity contribution in [3.8, 4) is 0 Å². The first-order valence-corrected chi connectivity index (χ1v) is 3.16. The van der Waals surface area contributed by atoms with E-state index in [0.717, 1.165) is 0 Å². The number of aromatic nitrogens is 1. The Bertz CT molecular complexity index is 244. The Morgan fingerprint density at radius 1 is 1.64 bits per heavy atom. The Kier molecular flexibility index (Phi) is 4.92. The van der Waals surface area contributed by atoms with Crippen molar-refractivity contribution < 1.29 is 33.9 Å². The van der Waals surface area contributed by atoms with Gasteiger partial charge in [0.25, 0.3) is 0 Å². The number of hydrogen-bond donors (Lipinski definition) is 1. The number of nitrogens with zero attached hydrogens (tertiary/aromatic N) is 1. The largest absolute Gasteiger partial charge is 1.00 e. The van der Waals surface area contributed by atoms with E-state index < -0.39 is 5.82 Å². The normalized spacial score (nSPS) is 8.55. The summed E-state index contributed by atoms with van der Waals surface area (Å²) in [5.74, 6) is -0.257. The average Bonchev–Trinajstić information content (AvgIpc) is 1.95. The molecule has 1 aromatic rings. The van der Waals surface area contributed by atoms with E-state index in [1.807, 2.05) is 0 Å². The molecule has 1 heterocycles. The van der Waals surface area contributed by atoms with Crippen molar-refractivity contribution in [3.63, 3.8) is 0 Å². The van der Waals surface area contributed by atoms with Gasteiger partial charge in [0.1, 0.15) is 5.82 Å². The number of pyridine rings is 1. The third-order valence-corrected chi connectivity index (χ3v) is 1.41. The van der Waals surface area contributed by atoms with Gasteiger partial charge in [-0.15, -0.1) is 4.90 Å². The van der Waals surface area contributed by atoms with Crippen molar-refractivity contribution in [2.24, 2.45) is 0 Å². The van der Waals surface area contributed by atoms with Crippen LogP contribution in [-0.2, 0) is 12.6 Å². The number of hydrogen-bond acceptors (Lipinski definition) is 3. The molecular weight excluding hydrogens is 174 g/mol. The summed E-state index contributed by atoms with van der Waals surface area (Å²) < 4.78 is 12.8. The molecule has 0 aliphatic rings. The fourth-order valence-electron chi connectivity index (χ4n) is 0.600. The van der Waals surface area contributed by atoms with Crippen LogP contribution in [0.1, 0.15) is 0 Å². The van der Waals surface area contributed by atoms with Gasteiger partial charge < -0.3 is 17.9 Å². The summed E-state index contributed by atoms with van der Waals surface area (Å²) >= 11 is 4.65. The molecule has 2 nitrogen and oxygen atoms in total. The van der Waals surface area contributed by atoms with E-state index >= 15 is 0 Å². The molecule has 0 saturated heterocycles. The van der Waals surface area contributed by atoms with Gasteiger partial charge in [0.2, 0.25) is 0 Å². The van der Waals surface area contributed by atoms with E-state index in [1.165, 1.54) is 12.3 Å². The number of halogens is 1. The fraction of sp³-hybridized carbons (Fsp3) is 0.167. The number of rotatable bonds is 1. The SMILES string of the molecule is CNc1nccc([S-])c1F.[Na+]. The van der Waals surface area contributed by atoms with Crippen molar-refractivity contribution in [1.82, 2.24) is 4.98 Å². The second-order valence-electron chi connectivity index (χ2n) is 1.72. The second-order valence-corrected chi connectivity index (χ2v) is 2.16. The van der Waals surface area contributed by atoms with Crippen molar-refractivity contribution >= 4 is 18.4 Å². The van der Waals surface area contributed by atoms with Crippen LogP contribution in [-0.4, -0.2) is 12.0 Å². The zero-order valence-electron chi connectivity index (χ0n) is 6.39. The van der Waals surface area contributed by atoms with Crippen LogP contribution >= 0.6 is 0 Å². The first-order chi connectivity index (χ1) is 4.75. The fourth-order valence-corrected chi connectivity index (χ4v) is 0.758. The molecule has 0 aliphatic carbocycles. The van der Waals surface area contributed by atoms with Gasteiger partial charge in [-0.1, -0.05) is 6.07 Å². The molecule has 54 valence electrons. The van der Waals surface area contributed by atoms with Crippen LogP contribution in [0.5, 0.6) is 0 Å². The van der Waals surface area contributed by atoms with Crippen molar-refractivity contribution in [2.75, 3.05) is 12.4 Å². The molecule has 0 unspecified atom stereocenters. The topological polar surface area (TPSA) is 24.9 Å². The minimum Gasteiger partial charge on any atom is -0.777 e. The third-order valence-electron chi connectivity index (χ3n) is 1.09. The van der Waals surface area contributed by atoms with Crippen LogP contribution in [0.4, 0.5) is 10.2 Å². The molecule has 0 amide bonds. The number of nitrogens with one attached hydrogen (secondary N) is 1. The zero-order valence-corrected chi connectivity index (χ0v) is 9.20. The van der Waals surface area contributed by atoms with Crippen LogP contribution in [0.2, 0.25) is 0 Å². The summed E-state index contributed by atoms with van der Waals surface area (Å²) in [6.07, 6.45) is 1.47. The maximum atomic E-state index is 12.8. The van der Waals surface area contributed by atoms with Crippen LogP contribution in [0.25, 0.3) is 0 Å². The van der Waals surface area contributed by atoms with Crippen LogP contribution < -0.4 is 34.9 Å². The Morgan fingerprint density at radius 2 is 2.27 bits per heavy atom. The van der Waals surface area contributed by atoms with Gasteiger partial charge in [-0.2, -0.15) is 0 Å². The predicted molar refractivity (Wildman–Crippen MR) is 39.4 cm³/mol. The predicted octanol–water partition coefficient (Wildman–Crippen LogP) is -1.83. The summed E-state index contributed by atoms with van der Waals surface area (Å²) in [6, 6.07) is 1.45. The number of anilines is 1. The quantitative estimate of drug-likeness (QED) is 0.406. The summed E-state index contributed by atoms with van der Waals surface area (Å²) in [7, 11) is 1.60. The van der Waals surface area contributed by atoms with Gasteiger partial charge in [0, 0.05) is 13.2 Å². The molecule has 0 saturated carbocycles. The first kappa shape index (κ1) is 11.1. The minimum absolute atomic E-state index is 0. The summed E-state index contributed by atoms with van der Waals surface area (Å²) in [5, 5.41) is 2.58. The Morgan fingerprint density at radius 3 is 2.73 bits per heavy atom. The van der Waals surface area contributed by atoms with Crippen LogP contribution in [0.3, 0.4) is 0 Å². The summed E-state index contributed by atoms with van der Waals surface area (Å²) in [4.78, 5) is 3.90. The maximum absolute atomic E-state index is 12.8. The molecule has 0 aliphatic heterocycles. The van der Waals surface area contributed by atoms with E-state index in [1.54, 1.807) is 7.05 Å². The van der Waals surface area contributed by atoms with Gasteiger partial charge >= 0.3 is 29.6 Å². The van der Waals surface area contributed by atoms with E-state index in [0.29, 0.717) is 0 Å². The summed E-state index contributed by atoms with van der Waals surface area (Å²) in [6.45, 7) is 0. The Balaban J connectivity index is 0.000001000. The maximum Gasteiger partial charge on any atom is 1.00 e. The average molecular weight is 180 g/mol. The van der Waals surface area contributed by atoms with E-state index in [4.69, 9.17) is 0 Å². The van der Waals surface area contributed by atoms with Gasteiger partial charge in [0.05, 0.1) is 0 Å². The first-order valence-electron chi connectivity index (χ1n) is 2.75. The molecule has 0 fully saturated rings. The minimum atomic E-state index is -0.458. The van der Waals surface area contributed by atoms with Gasteiger partial charge in [0.15, 0.2) is 5.82 Å². The van der Waals surface area contributed by atoms with Gasteiger partial charge in [-0.25, -0.2) is 9.37 Å². The van der Waals surface area contributed by atoms with Crippen molar-refractivity contribution in [2.45, 2.75) is 4.90 Å².